The lowest BCUT2D eigenvalue weighted by atomic mass is 9.93. The second-order valence-corrected chi connectivity index (χ2v) is 14.2. The van der Waals surface area contributed by atoms with Crippen LogP contribution in [0.25, 0.3) is 111 Å². The van der Waals surface area contributed by atoms with Crippen LogP contribution in [0.1, 0.15) is 0 Å². The van der Waals surface area contributed by atoms with Gasteiger partial charge in [0.25, 0.3) is 0 Å². The molecule has 8 aromatic carbocycles. The van der Waals surface area contributed by atoms with E-state index in [2.05, 4.69) is 158 Å². The standard InChI is InChI=1S/C48H28N6S/c1-2-13-31(14-3-1)43-40-28-39(44-45(54-55-53-44)42(40)38-19-8-9-20-41(38)49-43)34-17-10-18-35(27-34)46-50-47(36-23-21-29-11-4-6-15-32(29)25-36)52-48(51-46)37-24-22-30-12-5-7-16-33(30)26-37/h1-28H. The van der Waals surface area contributed by atoms with E-state index in [1.807, 2.05) is 12.1 Å². The molecule has 0 fully saturated rings. The maximum atomic E-state index is 5.21. The van der Waals surface area contributed by atoms with Gasteiger partial charge in [-0.15, -0.1) is 0 Å². The van der Waals surface area contributed by atoms with Crippen LogP contribution in [0.4, 0.5) is 0 Å². The van der Waals surface area contributed by atoms with Gasteiger partial charge in [0.15, 0.2) is 17.5 Å². The largest absolute Gasteiger partial charge is 0.247 e. The Morgan fingerprint density at radius 3 is 1.58 bits per heavy atom. The van der Waals surface area contributed by atoms with E-state index in [0.717, 1.165) is 82.6 Å². The molecule has 0 unspecified atom stereocenters. The van der Waals surface area contributed by atoms with E-state index in [1.165, 1.54) is 22.5 Å². The first-order valence-electron chi connectivity index (χ1n) is 18.1. The van der Waals surface area contributed by atoms with Gasteiger partial charge in [-0.25, -0.2) is 19.9 Å². The maximum absolute atomic E-state index is 5.21. The van der Waals surface area contributed by atoms with Crippen molar-refractivity contribution in [2.45, 2.75) is 0 Å². The van der Waals surface area contributed by atoms with E-state index in [4.69, 9.17) is 28.7 Å². The van der Waals surface area contributed by atoms with Crippen molar-refractivity contribution in [3.05, 3.63) is 170 Å². The van der Waals surface area contributed by atoms with Gasteiger partial charge in [-0.3, -0.25) is 0 Å². The first-order valence-corrected chi connectivity index (χ1v) is 18.8. The zero-order chi connectivity index (χ0) is 36.3. The lowest BCUT2D eigenvalue weighted by molar-refractivity contribution is 1.08. The van der Waals surface area contributed by atoms with Crippen LogP contribution in [-0.2, 0) is 0 Å². The molecule has 3 heterocycles. The topological polar surface area (TPSA) is 77.3 Å². The molecule has 0 N–H and O–H groups in total. The fraction of sp³-hybridized carbons (Fsp3) is 0. The number of para-hydroxylation sites is 1. The summed E-state index contributed by atoms with van der Waals surface area (Å²) in [5.74, 6) is 1.83. The first kappa shape index (κ1) is 31.3. The van der Waals surface area contributed by atoms with Crippen molar-refractivity contribution in [3.8, 4) is 56.5 Å². The van der Waals surface area contributed by atoms with Crippen molar-refractivity contribution in [2.24, 2.45) is 0 Å². The highest BCUT2D eigenvalue weighted by molar-refractivity contribution is 7.00. The highest BCUT2D eigenvalue weighted by Gasteiger charge is 2.20. The van der Waals surface area contributed by atoms with Crippen molar-refractivity contribution < 1.29 is 0 Å². The average Bonchev–Trinajstić information content (AvgIpc) is 3.76. The van der Waals surface area contributed by atoms with Gasteiger partial charge in [-0.05, 0) is 57.4 Å². The molecule has 3 aromatic heterocycles. The van der Waals surface area contributed by atoms with Crippen molar-refractivity contribution >= 4 is 66.0 Å². The normalized spacial score (nSPS) is 11.6. The third kappa shape index (κ3) is 5.40. The number of benzene rings is 8. The van der Waals surface area contributed by atoms with Crippen molar-refractivity contribution in [2.75, 3.05) is 0 Å². The zero-order valence-electron chi connectivity index (χ0n) is 29.3. The summed E-state index contributed by atoms with van der Waals surface area (Å²) in [7, 11) is 0. The SMILES string of the molecule is c1ccc(-c2nc3ccccc3c3c2cc(-c2cccc(-c4nc(-c5ccc6ccccc6c5)nc(-c5ccc6ccccc6c5)n4)c2)c2nsnc23)cc1. The van der Waals surface area contributed by atoms with Crippen LogP contribution in [0.3, 0.4) is 0 Å². The molecule has 0 bridgehead atoms. The van der Waals surface area contributed by atoms with E-state index in [1.54, 1.807) is 0 Å². The molecule has 0 atom stereocenters. The van der Waals surface area contributed by atoms with E-state index in [0.29, 0.717) is 17.5 Å². The summed E-state index contributed by atoms with van der Waals surface area (Å²) in [6, 6.07) is 58.7. The van der Waals surface area contributed by atoms with Crippen LogP contribution < -0.4 is 0 Å². The molecule has 0 aliphatic carbocycles. The Labute approximate surface area is 319 Å². The van der Waals surface area contributed by atoms with Crippen LogP contribution in [-0.4, -0.2) is 28.7 Å². The Morgan fingerprint density at radius 2 is 0.891 bits per heavy atom. The van der Waals surface area contributed by atoms with E-state index >= 15 is 0 Å². The molecule has 0 saturated carbocycles. The van der Waals surface area contributed by atoms with Gasteiger partial charge in [-0.2, -0.15) is 8.75 Å². The van der Waals surface area contributed by atoms with E-state index in [9.17, 15) is 0 Å². The Kier molecular flexibility index (Phi) is 7.25. The molecule has 256 valence electrons. The van der Waals surface area contributed by atoms with Gasteiger partial charge in [0.1, 0.15) is 11.0 Å². The number of aromatic nitrogens is 6. The van der Waals surface area contributed by atoms with Gasteiger partial charge in [0, 0.05) is 44.0 Å². The quantitative estimate of drug-likeness (QED) is 0.165. The Balaban J connectivity index is 1.12. The van der Waals surface area contributed by atoms with Crippen molar-refractivity contribution in [3.63, 3.8) is 0 Å². The summed E-state index contributed by atoms with van der Waals surface area (Å²) in [4.78, 5) is 20.6. The number of rotatable bonds is 5. The summed E-state index contributed by atoms with van der Waals surface area (Å²) < 4.78 is 9.78. The molecule has 0 radical (unpaired) electrons. The first-order chi connectivity index (χ1) is 27.2. The number of nitrogens with zero attached hydrogens (tertiary/aromatic N) is 6. The molecule has 7 heteroatoms. The third-order valence-corrected chi connectivity index (χ3v) is 10.9. The Morgan fingerprint density at radius 1 is 0.345 bits per heavy atom. The number of fused-ring (bicyclic) bond motifs is 7. The van der Waals surface area contributed by atoms with E-state index in [-0.39, 0.29) is 0 Å². The molecule has 0 aliphatic heterocycles. The number of hydrogen-bond donors (Lipinski definition) is 0. The molecule has 0 saturated heterocycles. The Bertz CT molecular complexity index is 3190. The Hall–Kier alpha value is -7.22. The van der Waals surface area contributed by atoms with Crippen molar-refractivity contribution in [1.29, 1.82) is 0 Å². The molecule has 55 heavy (non-hydrogen) atoms. The lowest BCUT2D eigenvalue weighted by Crippen LogP contribution is -2.00. The predicted molar refractivity (Wildman–Crippen MR) is 226 cm³/mol. The molecule has 11 rings (SSSR count). The minimum absolute atomic E-state index is 0.592. The predicted octanol–water partition coefficient (Wildman–Crippen LogP) is 12.2. The summed E-state index contributed by atoms with van der Waals surface area (Å²) in [5.41, 5.74) is 9.32. The van der Waals surface area contributed by atoms with E-state index < -0.39 is 0 Å². The minimum atomic E-state index is 0.592. The second-order valence-electron chi connectivity index (χ2n) is 13.7. The van der Waals surface area contributed by atoms with Crippen LogP contribution in [0, 0.1) is 0 Å². The zero-order valence-corrected chi connectivity index (χ0v) is 30.1. The molecular formula is C48H28N6S. The highest BCUT2D eigenvalue weighted by atomic mass is 32.1. The summed E-state index contributed by atoms with van der Waals surface area (Å²) in [5, 5.41) is 7.74. The molecule has 6 nitrogen and oxygen atoms in total. The monoisotopic (exact) mass is 720 g/mol. The van der Waals surface area contributed by atoms with Crippen LogP contribution >= 0.6 is 11.7 Å². The summed E-state index contributed by atoms with van der Waals surface area (Å²) in [6.45, 7) is 0. The molecular weight excluding hydrogens is 693 g/mol. The van der Waals surface area contributed by atoms with Gasteiger partial charge < -0.3 is 0 Å². The highest BCUT2D eigenvalue weighted by Crippen LogP contribution is 2.41. The fourth-order valence-corrected chi connectivity index (χ4v) is 8.21. The van der Waals surface area contributed by atoms with Crippen molar-refractivity contribution in [1.82, 2.24) is 28.7 Å². The number of pyridine rings is 1. The lowest BCUT2D eigenvalue weighted by Gasteiger charge is -2.14. The van der Waals surface area contributed by atoms with Crippen LogP contribution in [0.5, 0.6) is 0 Å². The molecule has 0 aliphatic rings. The minimum Gasteiger partial charge on any atom is -0.247 e. The smallest absolute Gasteiger partial charge is 0.164 e. The van der Waals surface area contributed by atoms with Crippen LogP contribution in [0.2, 0.25) is 0 Å². The summed E-state index contributed by atoms with van der Waals surface area (Å²) in [6.07, 6.45) is 0. The summed E-state index contributed by atoms with van der Waals surface area (Å²) >= 11 is 1.23. The van der Waals surface area contributed by atoms with Gasteiger partial charge >= 0.3 is 0 Å². The average molecular weight is 721 g/mol. The van der Waals surface area contributed by atoms with Crippen LogP contribution in [0.15, 0.2) is 170 Å². The molecule has 0 amide bonds. The second kappa shape index (κ2) is 12.7. The fourth-order valence-electron chi connectivity index (χ4n) is 7.65. The molecule has 0 spiro atoms. The maximum Gasteiger partial charge on any atom is 0.164 e. The number of hydrogen-bond acceptors (Lipinski definition) is 7. The van der Waals surface area contributed by atoms with Gasteiger partial charge in [0.05, 0.1) is 22.9 Å². The van der Waals surface area contributed by atoms with Gasteiger partial charge in [-0.1, -0.05) is 140 Å². The molecule has 11 aromatic rings. The van der Waals surface area contributed by atoms with Gasteiger partial charge in [0.2, 0.25) is 0 Å². The third-order valence-electron chi connectivity index (χ3n) is 10.3.